The molecule has 0 fully saturated rings. The van der Waals surface area contributed by atoms with Crippen LogP contribution in [0.1, 0.15) is 16.7 Å². The summed E-state index contributed by atoms with van der Waals surface area (Å²) in [5.74, 6) is -0.103. The Labute approximate surface area is 173 Å². The molecular formula is C21H13BrINO2. The number of hydrogen-bond acceptors (Lipinski definition) is 3. The molecule has 0 unspecified atom stereocenters. The van der Waals surface area contributed by atoms with Gasteiger partial charge in [-0.15, -0.1) is 0 Å². The molecule has 0 amide bonds. The number of fused-ring (bicyclic) bond motifs is 1. The third-order valence-electron chi connectivity index (χ3n) is 4.26. The van der Waals surface area contributed by atoms with Gasteiger partial charge in [-0.25, -0.2) is 9.79 Å². The van der Waals surface area contributed by atoms with E-state index in [0.717, 1.165) is 24.6 Å². The van der Waals surface area contributed by atoms with Crippen molar-refractivity contribution in [1.82, 2.24) is 0 Å². The summed E-state index contributed by atoms with van der Waals surface area (Å²) in [6.45, 7) is 2.08. The number of nitrogens with zero attached hydrogens (tertiary/aromatic N) is 1. The lowest BCUT2D eigenvalue weighted by Gasteiger charge is -2.05. The Hall–Kier alpha value is -1.99. The van der Waals surface area contributed by atoms with Crippen LogP contribution in [-0.4, -0.2) is 11.9 Å². The number of ether oxygens (including phenoxy) is 1. The van der Waals surface area contributed by atoms with E-state index in [1.54, 1.807) is 6.08 Å². The molecule has 26 heavy (non-hydrogen) atoms. The van der Waals surface area contributed by atoms with Crippen molar-refractivity contribution in [2.75, 3.05) is 0 Å². The second kappa shape index (κ2) is 6.96. The van der Waals surface area contributed by atoms with Crippen LogP contribution in [-0.2, 0) is 9.53 Å². The number of aliphatic imine (C=N–C) groups is 1. The van der Waals surface area contributed by atoms with Gasteiger partial charge >= 0.3 is 5.97 Å². The minimum Gasteiger partial charge on any atom is -0.402 e. The monoisotopic (exact) mass is 517 g/mol. The predicted octanol–water partition coefficient (Wildman–Crippen LogP) is 5.86. The van der Waals surface area contributed by atoms with Crippen molar-refractivity contribution in [3.05, 3.63) is 85.0 Å². The molecule has 1 aliphatic heterocycles. The molecule has 4 rings (SSSR count). The highest BCUT2D eigenvalue weighted by Gasteiger charge is 2.24. The fraction of sp³-hybridized carbons (Fsp3) is 0.0476. The fourth-order valence-electron chi connectivity index (χ4n) is 2.91. The average molecular weight is 518 g/mol. The third-order valence-corrected chi connectivity index (χ3v) is 6.59. The quantitative estimate of drug-likeness (QED) is 0.242. The molecule has 0 aliphatic carbocycles. The first kappa shape index (κ1) is 17.4. The van der Waals surface area contributed by atoms with Gasteiger partial charge in [0.25, 0.3) is 0 Å². The maximum absolute atomic E-state index is 12.3. The van der Waals surface area contributed by atoms with Crippen LogP contribution in [0.3, 0.4) is 0 Å². The first-order valence-electron chi connectivity index (χ1n) is 7.99. The number of rotatable bonds is 2. The van der Waals surface area contributed by atoms with Gasteiger partial charge in [0.1, 0.15) is 0 Å². The van der Waals surface area contributed by atoms with Crippen LogP contribution in [0.5, 0.6) is 0 Å². The van der Waals surface area contributed by atoms with E-state index in [2.05, 4.69) is 68.6 Å². The van der Waals surface area contributed by atoms with Crippen LogP contribution in [0.2, 0.25) is 0 Å². The van der Waals surface area contributed by atoms with Gasteiger partial charge in [0.05, 0.1) is 0 Å². The first-order valence-corrected chi connectivity index (χ1v) is 9.86. The van der Waals surface area contributed by atoms with Gasteiger partial charge in [0.2, 0.25) is 5.90 Å². The van der Waals surface area contributed by atoms with E-state index < -0.39 is 5.97 Å². The Morgan fingerprint density at radius 2 is 1.85 bits per heavy atom. The van der Waals surface area contributed by atoms with Crippen LogP contribution in [0.4, 0.5) is 0 Å². The van der Waals surface area contributed by atoms with Crippen LogP contribution in [0, 0.1) is 10.5 Å². The van der Waals surface area contributed by atoms with Crippen molar-refractivity contribution >= 4 is 67.2 Å². The summed E-state index contributed by atoms with van der Waals surface area (Å²) in [6, 6.07) is 17.9. The third kappa shape index (κ3) is 3.21. The van der Waals surface area contributed by atoms with Gasteiger partial charge < -0.3 is 4.74 Å². The van der Waals surface area contributed by atoms with Crippen molar-refractivity contribution in [3.63, 3.8) is 0 Å². The molecule has 1 aliphatic rings. The van der Waals surface area contributed by atoms with Crippen molar-refractivity contribution in [2.24, 2.45) is 4.99 Å². The Morgan fingerprint density at radius 1 is 1.08 bits per heavy atom. The maximum Gasteiger partial charge on any atom is 0.363 e. The van der Waals surface area contributed by atoms with Crippen LogP contribution >= 0.6 is 38.5 Å². The highest BCUT2D eigenvalue weighted by Crippen LogP contribution is 2.27. The molecule has 3 aromatic rings. The molecule has 0 aromatic heterocycles. The number of cyclic esters (lactones) is 1. The van der Waals surface area contributed by atoms with Gasteiger partial charge in [-0.1, -0.05) is 36.4 Å². The van der Waals surface area contributed by atoms with E-state index in [9.17, 15) is 4.79 Å². The van der Waals surface area contributed by atoms with Gasteiger partial charge in [0, 0.05) is 13.6 Å². The summed E-state index contributed by atoms with van der Waals surface area (Å²) in [6.07, 6.45) is 1.79. The highest BCUT2D eigenvalue weighted by atomic mass is 127. The zero-order valence-corrected chi connectivity index (χ0v) is 17.5. The standard InChI is InChI=1S/C21H13BrINO2/c1-12-6-7-13(16-5-3-2-4-15(12)16)11-19-21(25)26-20(24-19)14-8-9-18(23)17(22)10-14/h2-11H,1H3/b19-11-. The van der Waals surface area contributed by atoms with E-state index in [-0.39, 0.29) is 0 Å². The minimum absolute atomic E-state index is 0.309. The first-order chi connectivity index (χ1) is 12.5. The maximum atomic E-state index is 12.3. The summed E-state index contributed by atoms with van der Waals surface area (Å²) in [5.41, 5.74) is 3.23. The molecule has 0 saturated carbocycles. The average Bonchev–Trinajstić information content (AvgIpc) is 3.01. The smallest absolute Gasteiger partial charge is 0.363 e. The molecule has 1 heterocycles. The summed E-state index contributed by atoms with van der Waals surface area (Å²) in [5, 5.41) is 2.26. The SMILES string of the molecule is Cc1ccc(/C=C2\N=C(c3ccc(I)c(Br)c3)OC2=O)c2ccccc12. The van der Waals surface area contributed by atoms with Crippen molar-refractivity contribution in [3.8, 4) is 0 Å². The number of halogens is 2. The minimum atomic E-state index is -0.431. The number of carbonyl (C=O) groups is 1. The predicted molar refractivity (Wildman–Crippen MR) is 116 cm³/mol. The Morgan fingerprint density at radius 3 is 2.62 bits per heavy atom. The number of hydrogen-bond donors (Lipinski definition) is 0. The number of carbonyl (C=O) groups excluding carboxylic acids is 1. The van der Waals surface area contributed by atoms with Crippen molar-refractivity contribution in [1.29, 1.82) is 0 Å². The largest absolute Gasteiger partial charge is 0.402 e. The molecule has 0 radical (unpaired) electrons. The van der Waals surface area contributed by atoms with E-state index in [0.29, 0.717) is 11.6 Å². The van der Waals surface area contributed by atoms with Crippen LogP contribution in [0.15, 0.2) is 69.8 Å². The normalized spacial score (nSPS) is 15.4. The zero-order valence-electron chi connectivity index (χ0n) is 13.8. The highest BCUT2D eigenvalue weighted by molar-refractivity contribution is 14.1. The molecule has 0 bridgehead atoms. The molecule has 0 atom stereocenters. The van der Waals surface area contributed by atoms with Crippen molar-refractivity contribution < 1.29 is 9.53 Å². The number of aryl methyl sites for hydroxylation is 1. The fourth-order valence-corrected chi connectivity index (χ4v) is 3.62. The Kier molecular flexibility index (Phi) is 4.67. The summed E-state index contributed by atoms with van der Waals surface area (Å²) < 4.78 is 7.41. The van der Waals surface area contributed by atoms with E-state index in [4.69, 9.17) is 4.74 Å². The van der Waals surface area contributed by atoms with E-state index in [1.165, 1.54) is 10.9 Å². The summed E-state index contributed by atoms with van der Waals surface area (Å²) in [7, 11) is 0. The molecule has 3 nitrogen and oxygen atoms in total. The van der Waals surface area contributed by atoms with Gasteiger partial charge in [-0.2, -0.15) is 0 Å². The molecule has 0 saturated heterocycles. The lowest BCUT2D eigenvalue weighted by atomic mass is 10.00. The molecule has 3 aromatic carbocycles. The second-order valence-electron chi connectivity index (χ2n) is 5.98. The van der Waals surface area contributed by atoms with Gasteiger partial charge in [-0.3, -0.25) is 0 Å². The van der Waals surface area contributed by atoms with Gasteiger partial charge in [0.15, 0.2) is 5.70 Å². The molecule has 0 spiro atoms. The zero-order chi connectivity index (χ0) is 18.3. The molecule has 5 heteroatoms. The molecular weight excluding hydrogens is 505 g/mol. The second-order valence-corrected chi connectivity index (χ2v) is 8.00. The van der Waals surface area contributed by atoms with Gasteiger partial charge in [-0.05, 0) is 91.6 Å². The number of esters is 1. The lowest BCUT2D eigenvalue weighted by Crippen LogP contribution is -2.05. The Balaban J connectivity index is 1.78. The van der Waals surface area contributed by atoms with Crippen LogP contribution in [0.25, 0.3) is 16.8 Å². The topological polar surface area (TPSA) is 38.7 Å². The Bertz CT molecular complexity index is 1120. The number of benzene rings is 3. The van der Waals surface area contributed by atoms with E-state index >= 15 is 0 Å². The molecule has 128 valence electrons. The van der Waals surface area contributed by atoms with Crippen molar-refractivity contribution in [2.45, 2.75) is 6.92 Å². The van der Waals surface area contributed by atoms with Crippen LogP contribution < -0.4 is 0 Å². The van der Waals surface area contributed by atoms with E-state index in [1.807, 2.05) is 36.4 Å². The summed E-state index contributed by atoms with van der Waals surface area (Å²) in [4.78, 5) is 16.7. The summed E-state index contributed by atoms with van der Waals surface area (Å²) >= 11 is 5.73. The molecule has 0 N–H and O–H groups in total. The lowest BCUT2D eigenvalue weighted by molar-refractivity contribution is -0.129.